The van der Waals surface area contributed by atoms with E-state index in [0.29, 0.717) is 12.5 Å². The fourth-order valence-corrected chi connectivity index (χ4v) is 2.18. The summed E-state index contributed by atoms with van der Waals surface area (Å²) in [5.41, 5.74) is 2.07. The van der Waals surface area contributed by atoms with Gasteiger partial charge in [0.1, 0.15) is 5.76 Å². The van der Waals surface area contributed by atoms with Crippen molar-refractivity contribution >= 4 is 11.0 Å². The third-order valence-electron chi connectivity index (χ3n) is 3.16. The Hall–Kier alpha value is -1.48. The Kier molecular flexibility index (Phi) is 4.48. The van der Waals surface area contributed by atoms with E-state index in [1.54, 1.807) is 0 Å². The Morgan fingerprint density at radius 2 is 2.11 bits per heavy atom. The highest BCUT2D eigenvalue weighted by Crippen LogP contribution is 2.32. The van der Waals surface area contributed by atoms with Crippen LogP contribution in [0.1, 0.15) is 32.1 Å². The van der Waals surface area contributed by atoms with E-state index >= 15 is 0 Å². The predicted octanol–water partition coefficient (Wildman–Crippen LogP) is 3.89. The Bertz CT molecular complexity index is 543. The Morgan fingerprint density at radius 3 is 2.79 bits per heavy atom. The summed E-state index contributed by atoms with van der Waals surface area (Å²) >= 11 is 0. The molecule has 3 heteroatoms. The van der Waals surface area contributed by atoms with Gasteiger partial charge in [0.05, 0.1) is 13.2 Å². The second kappa shape index (κ2) is 6.11. The van der Waals surface area contributed by atoms with Gasteiger partial charge in [0.15, 0.2) is 11.3 Å². The third-order valence-corrected chi connectivity index (χ3v) is 3.16. The lowest BCUT2D eigenvalue weighted by molar-refractivity contribution is 0.337. The normalized spacial score (nSPS) is 11.4. The monoisotopic (exact) mass is 261 g/mol. The molecule has 0 aliphatic heterocycles. The van der Waals surface area contributed by atoms with Crippen LogP contribution in [0.15, 0.2) is 22.6 Å². The molecule has 0 unspecified atom stereocenters. The molecule has 0 saturated carbocycles. The number of fused-ring (bicyclic) bond motifs is 1. The summed E-state index contributed by atoms with van der Waals surface area (Å²) in [5.74, 6) is 2.48. The molecule has 0 radical (unpaired) electrons. The van der Waals surface area contributed by atoms with Crippen molar-refractivity contribution in [1.29, 1.82) is 0 Å². The summed E-state index contributed by atoms with van der Waals surface area (Å²) in [6, 6.07) is 6.06. The third kappa shape index (κ3) is 3.10. The molecular weight excluding hydrogens is 238 g/mol. The van der Waals surface area contributed by atoms with Gasteiger partial charge in [0.2, 0.25) is 0 Å². The van der Waals surface area contributed by atoms with Crippen LogP contribution in [0.25, 0.3) is 11.0 Å². The molecule has 2 rings (SSSR count). The lowest BCUT2D eigenvalue weighted by Gasteiger charge is -2.05. The number of rotatable bonds is 6. The van der Waals surface area contributed by atoms with Crippen LogP contribution in [-0.2, 0) is 6.54 Å². The standard InChI is InChI=1S/C16H23NO2/c1-5-18-14-8-6-7-13-12(4)15(19-16(13)14)10-17-9-11(2)3/h6-8,11,17H,5,9-10H2,1-4H3. The summed E-state index contributed by atoms with van der Waals surface area (Å²) in [4.78, 5) is 0. The molecule has 0 bridgehead atoms. The SMILES string of the molecule is CCOc1cccc2c(C)c(CNCC(C)C)oc12. The summed E-state index contributed by atoms with van der Waals surface area (Å²) in [7, 11) is 0. The van der Waals surface area contributed by atoms with Gasteiger partial charge in [-0.25, -0.2) is 0 Å². The fourth-order valence-electron chi connectivity index (χ4n) is 2.18. The minimum atomic E-state index is 0.642. The molecule has 19 heavy (non-hydrogen) atoms. The van der Waals surface area contributed by atoms with Crippen molar-refractivity contribution in [3.63, 3.8) is 0 Å². The number of hydrogen-bond acceptors (Lipinski definition) is 3. The molecule has 0 amide bonds. The largest absolute Gasteiger partial charge is 0.490 e. The summed E-state index contributed by atoms with van der Waals surface area (Å²) in [6.45, 7) is 10.9. The van der Waals surface area contributed by atoms with Crippen molar-refractivity contribution in [3.8, 4) is 5.75 Å². The molecule has 2 aromatic rings. The number of nitrogens with one attached hydrogen (secondary N) is 1. The van der Waals surface area contributed by atoms with Crippen LogP contribution in [0.2, 0.25) is 0 Å². The first kappa shape index (κ1) is 13.9. The molecule has 104 valence electrons. The lowest BCUT2D eigenvalue weighted by atomic mass is 10.1. The second-order valence-corrected chi connectivity index (χ2v) is 5.24. The number of benzene rings is 1. The molecule has 1 aromatic carbocycles. The second-order valence-electron chi connectivity index (χ2n) is 5.24. The van der Waals surface area contributed by atoms with E-state index in [2.05, 4.69) is 32.2 Å². The molecule has 1 N–H and O–H groups in total. The highest BCUT2D eigenvalue weighted by Gasteiger charge is 2.13. The van der Waals surface area contributed by atoms with Gasteiger partial charge >= 0.3 is 0 Å². The van der Waals surface area contributed by atoms with Crippen molar-refractivity contribution in [3.05, 3.63) is 29.5 Å². The van der Waals surface area contributed by atoms with Crippen LogP contribution in [-0.4, -0.2) is 13.2 Å². The number of ether oxygens (including phenoxy) is 1. The quantitative estimate of drug-likeness (QED) is 0.856. The van der Waals surface area contributed by atoms with Gasteiger partial charge in [-0.15, -0.1) is 0 Å². The first-order valence-electron chi connectivity index (χ1n) is 6.98. The Labute approximate surface area is 114 Å². The summed E-state index contributed by atoms with van der Waals surface area (Å²) in [6.07, 6.45) is 0. The number of aryl methyl sites for hydroxylation is 1. The zero-order valence-corrected chi connectivity index (χ0v) is 12.2. The molecule has 0 atom stereocenters. The highest BCUT2D eigenvalue weighted by molar-refractivity contribution is 5.87. The van der Waals surface area contributed by atoms with Crippen molar-refractivity contribution < 1.29 is 9.15 Å². The van der Waals surface area contributed by atoms with Gasteiger partial charge < -0.3 is 14.5 Å². The van der Waals surface area contributed by atoms with Crippen molar-refractivity contribution in [1.82, 2.24) is 5.32 Å². The van der Waals surface area contributed by atoms with Gasteiger partial charge in [-0.1, -0.05) is 26.0 Å². The van der Waals surface area contributed by atoms with E-state index in [0.717, 1.165) is 35.6 Å². The van der Waals surface area contributed by atoms with E-state index < -0.39 is 0 Å². The van der Waals surface area contributed by atoms with E-state index in [-0.39, 0.29) is 0 Å². The first-order chi connectivity index (χ1) is 9.13. The maximum Gasteiger partial charge on any atom is 0.176 e. The predicted molar refractivity (Wildman–Crippen MR) is 78.7 cm³/mol. The Balaban J connectivity index is 2.25. The van der Waals surface area contributed by atoms with Gasteiger partial charge in [-0.05, 0) is 37.9 Å². The van der Waals surface area contributed by atoms with Crippen molar-refractivity contribution in [2.24, 2.45) is 5.92 Å². The van der Waals surface area contributed by atoms with Gasteiger partial charge in [-0.3, -0.25) is 0 Å². The molecular formula is C16H23NO2. The van der Waals surface area contributed by atoms with Crippen LogP contribution in [0, 0.1) is 12.8 Å². The molecule has 3 nitrogen and oxygen atoms in total. The number of para-hydroxylation sites is 1. The van der Waals surface area contributed by atoms with Crippen LogP contribution in [0.5, 0.6) is 5.75 Å². The average Bonchev–Trinajstić information content (AvgIpc) is 2.68. The van der Waals surface area contributed by atoms with Gasteiger partial charge in [-0.2, -0.15) is 0 Å². The minimum absolute atomic E-state index is 0.642. The maximum atomic E-state index is 5.98. The highest BCUT2D eigenvalue weighted by atomic mass is 16.5. The zero-order chi connectivity index (χ0) is 13.8. The van der Waals surface area contributed by atoms with Crippen molar-refractivity contribution in [2.45, 2.75) is 34.2 Å². The topological polar surface area (TPSA) is 34.4 Å². The van der Waals surface area contributed by atoms with Crippen LogP contribution in [0.4, 0.5) is 0 Å². The van der Waals surface area contributed by atoms with Crippen LogP contribution >= 0.6 is 0 Å². The number of hydrogen-bond donors (Lipinski definition) is 1. The maximum absolute atomic E-state index is 5.98. The molecule has 1 heterocycles. The molecule has 0 aliphatic carbocycles. The molecule has 0 aliphatic rings. The van der Waals surface area contributed by atoms with E-state index in [9.17, 15) is 0 Å². The Morgan fingerprint density at radius 1 is 1.32 bits per heavy atom. The van der Waals surface area contributed by atoms with Gasteiger partial charge in [0.25, 0.3) is 0 Å². The summed E-state index contributed by atoms with van der Waals surface area (Å²) in [5, 5.41) is 4.57. The van der Waals surface area contributed by atoms with E-state index in [1.165, 1.54) is 5.56 Å². The number of furan rings is 1. The molecule has 0 saturated heterocycles. The van der Waals surface area contributed by atoms with E-state index in [4.69, 9.17) is 9.15 Å². The molecule has 1 aromatic heterocycles. The minimum Gasteiger partial charge on any atom is -0.490 e. The average molecular weight is 261 g/mol. The van der Waals surface area contributed by atoms with Gasteiger partial charge in [0, 0.05) is 5.39 Å². The first-order valence-corrected chi connectivity index (χ1v) is 6.98. The fraction of sp³-hybridized carbons (Fsp3) is 0.500. The van der Waals surface area contributed by atoms with Crippen molar-refractivity contribution in [2.75, 3.05) is 13.2 Å². The molecule has 0 spiro atoms. The smallest absolute Gasteiger partial charge is 0.176 e. The summed E-state index contributed by atoms with van der Waals surface area (Å²) < 4.78 is 11.6. The molecule has 0 fully saturated rings. The van der Waals surface area contributed by atoms with E-state index in [1.807, 2.05) is 19.1 Å². The zero-order valence-electron chi connectivity index (χ0n) is 12.2. The lowest BCUT2D eigenvalue weighted by Crippen LogP contribution is -2.18. The van der Waals surface area contributed by atoms with Crippen LogP contribution < -0.4 is 10.1 Å². The van der Waals surface area contributed by atoms with Crippen LogP contribution in [0.3, 0.4) is 0 Å².